The largest absolute Gasteiger partial charge is 0.0808 e. The van der Waals surface area contributed by atoms with Gasteiger partial charge in [-0.15, -0.1) is 0 Å². The molecule has 0 bridgehead atoms. The zero-order valence-corrected chi connectivity index (χ0v) is 33.1. The molecule has 0 aromatic heterocycles. The van der Waals surface area contributed by atoms with Crippen LogP contribution in [0.3, 0.4) is 0 Å². The lowest BCUT2D eigenvalue weighted by atomic mass is 10.0. The first-order chi connectivity index (χ1) is 25.6. The molecule has 3 aliphatic carbocycles. The third kappa shape index (κ3) is 18.0. The van der Waals surface area contributed by atoms with Crippen molar-refractivity contribution in [2.75, 3.05) is 0 Å². The summed E-state index contributed by atoms with van der Waals surface area (Å²) >= 11 is 0. The molecule has 0 unspecified atom stereocenters. The summed E-state index contributed by atoms with van der Waals surface area (Å²) in [6, 6.07) is 50.1. The molecule has 0 aliphatic heterocycles. The summed E-state index contributed by atoms with van der Waals surface area (Å²) in [5.74, 6) is 0.833. The minimum atomic E-state index is 0.500. The molecule has 0 N–H and O–H groups in total. The van der Waals surface area contributed by atoms with Gasteiger partial charge in [0.15, 0.2) is 0 Å². The van der Waals surface area contributed by atoms with Gasteiger partial charge in [-0.3, -0.25) is 0 Å². The lowest BCUT2D eigenvalue weighted by molar-refractivity contribution is 0.469. The predicted octanol–water partition coefficient (Wildman–Crippen LogP) is 16.1. The highest BCUT2D eigenvalue weighted by Gasteiger charge is 2.05. The molecule has 0 saturated heterocycles. The van der Waals surface area contributed by atoms with E-state index >= 15 is 0 Å². The molecule has 0 heteroatoms. The van der Waals surface area contributed by atoms with E-state index in [0.29, 0.717) is 5.41 Å². The Balaban J connectivity index is 0.000000175. The lowest BCUT2D eigenvalue weighted by Crippen LogP contribution is -1.93. The quantitative estimate of drug-likeness (QED) is 0.139. The summed E-state index contributed by atoms with van der Waals surface area (Å²) in [5.41, 5.74) is 3.34. The molecular weight excluding hydrogens is 637 g/mol. The smallest absolute Gasteiger partial charge is 0.00884 e. The summed E-state index contributed by atoms with van der Waals surface area (Å²) in [5, 5.41) is 7.92. The Hall–Kier alpha value is -5.46. The van der Waals surface area contributed by atoms with Crippen LogP contribution in [-0.4, -0.2) is 0 Å². The fourth-order valence-electron chi connectivity index (χ4n) is 5.05. The second-order valence-electron chi connectivity index (χ2n) is 15.1. The average molecular weight is 697 g/mol. The van der Waals surface area contributed by atoms with Crippen LogP contribution in [0.1, 0.15) is 61.3 Å². The van der Waals surface area contributed by atoms with Crippen molar-refractivity contribution in [3.05, 3.63) is 217 Å². The molecule has 0 fully saturated rings. The molecule has 3 aliphatic rings. The fraction of sp³-hybridized carbons (Fsp3) is 0.208. The van der Waals surface area contributed by atoms with Crippen LogP contribution in [0.5, 0.6) is 0 Å². The maximum Gasteiger partial charge on any atom is -0.00884 e. The van der Waals surface area contributed by atoms with Crippen molar-refractivity contribution in [3.63, 3.8) is 0 Å². The highest BCUT2D eigenvalue weighted by Crippen LogP contribution is 2.25. The Morgan fingerprint density at radius 3 is 1.15 bits per heavy atom. The van der Waals surface area contributed by atoms with E-state index < -0.39 is 0 Å². The monoisotopic (exact) mass is 696 g/mol. The Labute approximate surface area is 321 Å². The van der Waals surface area contributed by atoms with Crippen LogP contribution in [-0.2, 0) is 0 Å². The van der Waals surface area contributed by atoms with Crippen molar-refractivity contribution in [2.24, 2.45) is 11.3 Å². The van der Waals surface area contributed by atoms with Crippen LogP contribution >= 0.6 is 0 Å². The highest BCUT2D eigenvalue weighted by molar-refractivity contribution is 6.07. The zero-order valence-electron chi connectivity index (χ0n) is 33.1. The number of allylic oxidation sites excluding steroid dienone is 12. The molecule has 272 valence electrons. The van der Waals surface area contributed by atoms with E-state index in [0.717, 1.165) is 18.8 Å². The van der Waals surface area contributed by atoms with Gasteiger partial charge >= 0.3 is 0 Å². The average Bonchev–Trinajstić information content (AvgIpc) is 3.92. The van der Waals surface area contributed by atoms with Gasteiger partial charge in [0.1, 0.15) is 0 Å². The third-order valence-corrected chi connectivity index (χ3v) is 7.33. The van der Waals surface area contributed by atoms with Crippen LogP contribution in [0.4, 0.5) is 0 Å². The molecule has 0 nitrogen and oxygen atoms in total. The van der Waals surface area contributed by atoms with E-state index in [2.05, 4.69) is 218 Å². The molecule has 0 radical (unpaired) electrons. The molecule has 0 heterocycles. The standard InChI is InChI=1S/C14H10.C10H8.C9H8.C6H6.C5H6.C5H12.C4H10/c1-3-7-13-11(5-1)9-10-12-6-2-4-8-14(12)13;1-2-6-10-8-4-3-7-9(10)5-1;1-2-5-9-7-3-6-8(9)4-1;1-2-4-6-5-3-1;1-2-4-5-3-1;1-5(2,3)4;1-4(2)3/h1-10H;1-8H;1-4,6-7H,5H2;1-6H;1-4H,5H2;1-4H3;4H,1-3H3. The summed E-state index contributed by atoms with van der Waals surface area (Å²) in [6.07, 6.45) is 23.5. The van der Waals surface area contributed by atoms with Gasteiger partial charge in [-0.25, -0.2) is 0 Å². The summed E-state index contributed by atoms with van der Waals surface area (Å²) in [7, 11) is 0. The van der Waals surface area contributed by atoms with Crippen molar-refractivity contribution in [3.8, 4) is 0 Å². The van der Waals surface area contributed by atoms with Gasteiger partial charge in [0.05, 0.1) is 0 Å². The number of fused-ring (bicyclic) bond motifs is 5. The van der Waals surface area contributed by atoms with Crippen molar-refractivity contribution in [1.29, 1.82) is 0 Å². The van der Waals surface area contributed by atoms with Gasteiger partial charge in [0.2, 0.25) is 0 Å². The number of rotatable bonds is 0. The highest BCUT2D eigenvalue weighted by atomic mass is 14.1. The third-order valence-electron chi connectivity index (χ3n) is 7.33. The van der Waals surface area contributed by atoms with Gasteiger partial charge in [-0.05, 0) is 67.6 Å². The van der Waals surface area contributed by atoms with Crippen LogP contribution in [0.15, 0.2) is 217 Å². The summed E-state index contributed by atoms with van der Waals surface area (Å²) in [4.78, 5) is 0. The Morgan fingerprint density at radius 2 is 0.792 bits per heavy atom. The second kappa shape index (κ2) is 23.9. The molecule has 0 spiro atoms. The fourth-order valence-corrected chi connectivity index (χ4v) is 5.05. The van der Waals surface area contributed by atoms with E-state index in [9.17, 15) is 0 Å². The molecular formula is C53H60. The zero-order chi connectivity index (χ0) is 38.2. The van der Waals surface area contributed by atoms with E-state index in [1.165, 1.54) is 43.5 Å². The van der Waals surface area contributed by atoms with Gasteiger partial charge < -0.3 is 0 Å². The van der Waals surface area contributed by atoms with E-state index in [1.807, 2.05) is 36.4 Å². The van der Waals surface area contributed by atoms with Crippen LogP contribution in [0.25, 0.3) is 32.3 Å². The molecule has 0 saturated carbocycles. The first-order valence-corrected chi connectivity index (χ1v) is 19.0. The maximum absolute atomic E-state index is 2.19. The van der Waals surface area contributed by atoms with Gasteiger partial charge in [0.25, 0.3) is 0 Å². The first kappa shape index (κ1) is 42.0. The van der Waals surface area contributed by atoms with Crippen molar-refractivity contribution in [2.45, 2.75) is 61.3 Å². The number of hydrogen-bond donors (Lipinski definition) is 0. The van der Waals surface area contributed by atoms with E-state index in [4.69, 9.17) is 0 Å². The molecule has 9 rings (SSSR count). The Morgan fingerprint density at radius 1 is 0.415 bits per heavy atom. The first-order valence-electron chi connectivity index (χ1n) is 19.0. The van der Waals surface area contributed by atoms with Gasteiger partial charge in [0, 0.05) is 0 Å². The Kier molecular flexibility index (Phi) is 18.9. The molecule has 6 aromatic rings. The SMILES string of the molecule is C1=CCC2=CC=CC2=C1.C1=CCC=C1.CC(C)(C)C.CC(C)C.c1ccc2c(c1)ccc1ccccc12.c1ccc2ccccc2c1.c1ccccc1. The predicted molar refractivity (Wildman–Crippen MR) is 239 cm³/mol. The summed E-state index contributed by atoms with van der Waals surface area (Å²) < 4.78 is 0. The Bertz CT molecular complexity index is 1920. The van der Waals surface area contributed by atoms with E-state index in [1.54, 1.807) is 0 Å². The molecule has 6 aromatic carbocycles. The van der Waals surface area contributed by atoms with Crippen LogP contribution < -0.4 is 0 Å². The number of benzene rings is 6. The normalized spacial score (nSPS) is 12.8. The van der Waals surface area contributed by atoms with Gasteiger partial charge in [-0.1, -0.05) is 255 Å². The second-order valence-corrected chi connectivity index (χ2v) is 15.1. The minimum Gasteiger partial charge on any atom is -0.0808 e. The van der Waals surface area contributed by atoms with Gasteiger partial charge in [-0.2, -0.15) is 0 Å². The number of hydrogen-bond acceptors (Lipinski definition) is 0. The molecule has 53 heavy (non-hydrogen) atoms. The van der Waals surface area contributed by atoms with Crippen molar-refractivity contribution >= 4 is 32.3 Å². The lowest BCUT2D eigenvalue weighted by Gasteiger charge is -2.05. The summed E-state index contributed by atoms with van der Waals surface area (Å²) in [6.45, 7) is 15.2. The van der Waals surface area contributed by atoms with Crippen molar-refractivity contribution < 1.29 is 0 Å². The van der Waals surface area contributed by atoms with Crippen LogP contribution in [0.2, 0.25) is 0 Å². The van der Waals surface area contributed by atoms with Crippen molar-refractivity contribution in [1.82, 2.24) is 0 Å². The maximum atomic E-state index is 2.19. The minimum absolute atomic E-state index is 0.500. The topological polar surface area (TPSA) is 0 Å². The van der Waals surface area contributed by atoms with E-state index in [-0.39, 0.29) is 0 Å². The van der Waals surface area contributed by atoms with Crippen LogP contribution in [0, 0.1) is 11.3 Å². The molecule has 0 amide bonds. The molecule has 0 atom stereocenters.